The molecule has 0 saturated carbocycles. The summed E-state index contributed by atoms with van der Waals surface area (Å²) in [7, 11) is 1.71. The predicted molar refractivity (Wildman–Crippen MR) is 106 cm³/mol. The Hall–Kier alpha value is -0.670. The van der Waals surface area contributed by atoms with Crippen LogP contribution in [0.2, 0.25) is 0 Å². The number of nitrogens with zero attached hydrogens (tertiary/aromatic N) is 2. The van der Waals surface area contributed by atoms with Gasteiger partial charge in [-0.2, -0.15) is 0 Å². The van der Waals surface area contributed by atoms with E-state index in [1.54, 1.807) is 18.4 Å². The van der Waals surface area contributed by atoms with Crippen molar-refractivity contribution in [2.75, 3.05) is 33.4 Å². The Morgan fingerprint density at radius 1 is 1.45 bits per heavy atom. The number of hydrogen-bond acceptors (Lipinski definition) is 4. The number of methoxy groups -OCH3 is 1. The number of guanidine groups is 1. The van der Waals surface area contributed by atoms with Gasteiger partial charge in [0.2, 0.25) is 0 Å². The third kappa shape index (κ3) is 10.1. The van der Waals surface area contributed by atoms with Crippen molar-refractivity contribution in [1.29, 1.82) is 0 Å². The first kappa shape index (κ1) is 21.3. The minimum atomic E-state index is 0. The Bertz CT molecular complexity index is 437. The summed E-state index contributed by atoms with van der Waals surface area (Å²) in [6.07, 6.45) is 4.78. The molecular weight excluding hydrogens is 411 g/mol. The summed E-state index contributed by atoms with van der Waals surface area (Å²) in [5.74, 6) is 0.835. The van der Waals surface area contributed by atoms with Gasteiger partial charge in [-0.3, -0.25) is 4.99 Å². The van der Waals surface area contributed by atoms with Gasteiger partial charge >= 0.3 is 0 Å². The summed E-state index contributed by atoms with van der Waals surface area (Å²) in [4.78, 5) is 9.02. The predicted octanol–water partition coefficient (Wildman–Crippen LogP) is 2.76. The Morgan fingerprint density at radius 3 is 2.91 bits per heavy atom. The second kappa shape index (κ2) is 14.0. The largest absolute Gasteiger partial charge is 0.385 e. The minimum absolute atomic E-state index is 0. The van der Waals surface area contributed by atoms with Gasteiger partial charge in [-0.05, 0) is 19.8 Å². The van der Waals surface area contributed by atoms with Crippen LogP contribution >= 0.6 is 35.3 Å². The first-order chi connectivity index (χ1) is 10.3. The van der Waals surface area contributed by atoms with Crippen LogP contribution in [0.4, 0.5) is 0 Å². The maximum absolute atomic E-state index is 5.03. The second-order valence-corrected chi connectivity index (χ2v) is 5.60. The van der Waals surface area contributed by atoms with E-state index in [1.165, 1.54) is 5.01 Å². The molecule has 0 aromatic carbocycles. The Kier molecular flexibility index (Phi) is 13.5. The number of aliphatic imine (C=N–C) groups is 1. The van der Waals surface area contributed by atoms with Crippen LogP contribution in [0.3, 0.4) is 0 Å². The normalized spacial score (nSPS) is 10.9. The fourth-order valence-electron chi connectivity index (χ4n) is 1.71. The smallest absolute Gasteiger partial charge is 0.191 e. The number of ether oxygens (including phenoxy) is 1. The first-order valence-corrected chi connectivity index (χ1v) is 8.17. The summed E-state index contributed by atoms with van der Waals surface area (Å²) in [6, 6.07) is 0. The van der Waals surface area contributed by atoms with Crippen molar-refractivity contribution in [3.05, 3.63) is 28.7 Å². The average Bonchev–Trinajstić information content (AvgIpc) is 2.90. The molecule has 0 unspecified atom stereocenters. The highest BCUT2D eigenvalue weighted by atomic mass is 127. The average molecular weight is 438 g/mol. The van der Waals surface area contributed by atoms with E-state index in [9.17, 15) is 0 Å². The van der Waals surface area contributed by atoms with E-state index in [0.717, 1.165) is 50.6 Å². The number of aromatic nitrogens is 1. The molecule has 0 amide bonds. The highest BCUT2D eigenvalue weighted by molar-refractivity contribution is 14.0. The summed E-state index contributed by atoms with van der Waals surface area (Å²) >= 11 is 1.72. The molecule has 22 heavy (non-hydrogen) atoms. The molecule has 1 aromatic heterocycles. The topological polar surface area (TPSA) is 58.5 Å². The molecule has 0 saturated heterocycles. The van der Waals surface area contributed by atoms with Crippen molar-refractivity contribution < 1.29 is 4.74 Å². The number of nitrogens with one attached hydrogen (secondary N) is 2. The molecule has 1 rings (SSSR count). The minimum Gasteiger partial charge on any atom is -0.385 e. The third-order valence-corrected chi connectivity index (χ3v) is 3.74. The van der Waals surface area contributed by atoms with Crippen molar-refractivity contribution in [3.63, 3.8) is 0 Å². The third-order valence-electron chi connectivity index (χ3n) is 2.72. The SMILES string of the molecule is C=CCNC(=NCCCc1nc(C)cs1)NCCCOC.I. The molecule has 5 nitrogen and oxygen atoms in total. The van der Waals surface area contributed by atoms with Crippen LogP contribution in [0.1, 0.15) is 23.5 Å². The van der Waals surface area contributed by atoms with E-state index < -0.39 is 0 Å². The lowest BCUT2D eigenvalue weighted by Crippen LogP contribution is -2.38. The van der Waals surface area contributed by atoms with Crippen LogP contribution in [-0.4, -0.2) is 44.3 Å². The van der Waals surface area contributed by atoms with Crippen LogP contribution in [-0.2, 0) is 11.2 Å². The zero-order valence-corrected chi connectivity index (χ0v) is 16.6. The summed E-state index contributed by atoms with van der Waals surface area (Å²) in [6.45, 7) is 8.84. The lowest BCUT2D eigenvalue weighted by Gasteiger charge is -2.11. The van der Waals surface area contributed by atoms with Crippen molar-refractivity contribution in [1.82, 2.24) is 15.6 Å². The van der Waals surface area contributed by atoms with Crippen molar-refractivity contribution in [2.45, 2.75) is 26.2 Å². The molecule has 2 N–H and O–H groups in total. The number of halogens is 1. The number of rotatable bonds is 10. The summed E-state index contributed by atoms with van der Waals surface area (Å²) < 4.78 is 5.03. The molecule has 0 aliphatic rings. The molecule has 0 aliphatic heterocycles. The highest BCUT2D eigenvalue weighted by Gasteiger charge is 1.99. The van der Waals surface area contributed by atoms with E-state index in [2.05, 4.69) is 32.6 Å². The van der Waals surface area contributed by atoms with Gasteiger partial charge in [0, 0.05) is 50.8 Å². The van der Waals surface area contributed by atoms with Crippen LogP contribution in [0, 0.1) is 6.92 Å². The lowest BCUT2D eigenvalue weighted by atomic mass is 10.3. The van der Waals surface area contributed by atoms with Gasteiger partial charge in [-0.15, -0.1) is 41.9 Å². The van der Waals surface area contributed by atoms with Gasteiger partial charge < -0.3 is 15.4 Å². The molecule has 0 radical (unpaired) electrons. The van der Waals surface area contributed by atoms with Gasteiger partial charge in [0.05, 0.1) is 5.01 Å². The molecule has 1 aromatic rings. The number of aryl methyl sites for hydroxylation is 2. The van der Waals surface area contributed by atoms with Crippen LogP contribution in [0.25, 0.3) is 0 Å². The molecule has 7 heteroatoms. The van der Waals surface area contributed by atoms with Crippen molar-refractivity contribution in [2.24, 2.45) is 4.99 Å². The van der Waals surface area contributed by atoms with Gasteiger partial charge in [-0.1, -0.05) is 6.08 Å². The van der Waals surface area contributed by atoms with E-state index in [-0.39, 0.29) is 24.0 Å². The van der Waals surface area contributed by atoms with Gasteiger partial charge in [0.15, 0.2) is 5.96 Å². The maximum Gasteiger partial charge on any atom is 0.191 e. The van der Waals surface area contributed by atoms with E-state index in [0.29, 0.717) is 6.54 Å². The number of hydrogen-bond donors (Lipinski definition) is 2. The second-order valence-electron chi connectivity index (χ2n) is 4.66. The standard InChI is InChI=1S/C15H26N4OS.HI/c1-4-8-16-15(18-10-6-11-20-3)17-9-5-7-14-19-13(2)12-21-14;/h4,12H,1,5-11H2,2-3H3,(H2,16,17,18);1H. The van der Waals surface area contributed by atoms with Crippen molar-refractivity contribution in [3.8, 4) is 0 Å². The lowest BCUT2D eigenvalue weighted by molar-refractivity contribution is 0.195. The fraction of sp³-hybridized carbons (Fsp3) is 0.600. The molecule has 1 heterocycles. The van der Waals surface area contributed by atoms with Gasteiger partial charge in [0.1, 0.15) is 0 Å². The highest BCUT2D eigenvalue weighted by Crippen LogP contribution is 2.10. The van der Waals surface area contributed by atoms with Gasteiger partial charge in [0.25, 0.3) is 0 Å². The zero-order chi connectivity index (χ0) is 15.3. The zero-order valence-electron chi connectivity index (χ0n) is 13.4. The Labute approximate surface area is 154 Å². The van der Waals surface area contributed by atoms with E-state index in [4.69, 9.17) is 4.74 Å². The van der Waals surface area contributed by atoms with Crippen molar-refractivity contribution >= 4 is 41.3 Å². The quantitative estimate of drug-likeness (QED) is 0.194. The molecule has 0 atom stereocenters. The fourth-order valence-corrected chi connectivity index (χ4v) is 2.52. The monoisotopic (exact) mass is 438 g/mol. The Morgan fingerprint density at radius 2 is 2.27 bits per heavy atom. The summed E-state index contributed by atoms with van der Waals surface area (Å²) in [5, 5.41) is 9.79. The first-order valence-electron chi connectivity index (χ1n) is 7.29. The Balaban J connectivity index is 0.00000441. The van der Waals surface area contributed by atoms with E-state index >= 15 is 0 Å². The van der Waals surface area contributed by atoms with Gasteiger partial charge in [-0.25, -0.2) is 4.98 Å². The molecular formula is C15H27IN4OS. The van der Waals surface area contributed by atoms with E-state index in [1.807, 2.05) is 13.0 Å². The molecule has 0 bridgehead atoms. The molecule has 126 valence electrons. The van der Waals surface area contributed by atoms with Crippen LogP contribution in [0.5, 0.6) is 0 Å². The number of thiazole rings is 1. The maximum atomic E-state index is 5.03. The molecule has 0 aliphatic carbocycles. The van der Waals surface area contributed by atoms with Crippen LogP contribution < -0.4 is 10.6 Å². The van der Waals surface area contributed by atoms with Crippen LogP contribution in [0.15, 0.2) is 23.0 Å². The molecule has 0 fully saturated rings. The summed E-state index contributed by atoms with van der Waals surface area (Å²) in [5.41, 5.74) is 1.10. The molecule has 0 spiro atoms.